The van der Waals surface area contributed by atoms with Gasteiger partial charge in [0.05, 0.1) is 22.3 Å². The Kier molecular flexibility index (Phi) is 12.8. The lowest BCUT2D eigenvalue weighted by Crippen LogP contribution is -2.45. The number of carbonyl (C=O) groups is 3. The van der Waals surface area contributed by atoms with Crippen LogP contribution in [-0.2, 0) is 14.4 Å². The van der Waals surface area contributed by atoms with Gasteiger partial charge < -0.3 is 20.9 Å². The maximum absolute atomic E-state index is 12.0. The van der Waals surface area contributed by atoms with Gasteiger partial charge in [-0.15, -0.1) is 0 Å². The number of amides is 3. The molecule has 3 atom stereocenters. The number of aryl methyl sites for hydroxylation is 1. The Morgan fingerprint density at radius 1 is 1.17 bits per heavy atom. The van der Waals surface area contributed by atoms with Crippen molar-refractivity contribution in [2.75, 3.05) is 18.4 Å². The lowest BCUT2D eigenvalue weighted by molar-refractivity contribution is -0.180. The summed E-state index contributed by atoms with van der Waals surface area (Å²) in [5, 5.41) is 13.9. The van der Waals surface area contributed by atoms with E-state index in [0.29, 0.717) is 18.9 Å². The van der Waals surface area contributed by atoms with E-state index in [1.54, 1.807) is 4.90 Å². The van der Waals surface area contributed by atoms with Gasteiger partial charge in [-0.1, -0.05) is 67.5 Å². The first-order chi connectivity index (χ1) is 22.5. The summed E-state index contributed by atoms with van der Waals surface area (Å²) in [5.41, 5.74) is 8.04. The largest absolute Gasteiger partial charge is 0.376 e. The molecule has 2 saturated carbocycles. The summed E-state index contributed by atoms with van der Waals surface area (Å²) in [6, 6.07) is 15.0. The number of nitrogens with two attached hydrogens (primary N) is 1. The lowest BCUT2D eigenvalue weighted by atomic mass is 10.2. The topological polar surface area (TPSA) is 149 Å². The highest BCUT2D eigenvalue weighted by molar-refractivity contribution is 7.16. The van der Waals surface area contributed by atoms with Gasteiger partial charge in [0.15, 0.2) is 0 Å². The molecule has 3 aromatic rings. The minimum atomic E-state index is -0.435. The van der Waals surface area contributed by atoms with Gasteiger partial charge in [-0.3, -0.25) is 24.4 Å². The molecule has 5 N–H and O–H groups in total. The smallest absolute Gasteiger partial charge is 0.305 e. The van der Waals surface area contributed by atoms with Crippen LogP contribution >= 0.6 is 11.3 Å². The number of nitrogens with one attached hydrogen (secondary N) is 2. The molecule has 6 rings (SSSR count). The molecule has 10 nitrogen and oxygen atoms in total. The number of hydrogen-bond donors (Lipinski definition) is 4. The number of carbonyl (C=O) groups excluding carboxylic acids is 3. The second-order valence-corrected chi connectivity index (χ2v) is 14.0. The van der Waals surface area contributed by atoms with E-state index >= 15 is 0 Å². The van der Waals surface area contributed by atoms with Gasteiger partial charge in [-0.25, -0.2) is 5.06 Å². The van der Waals surface area contributed by atoms with Crippen LogP contribution in [-0.4, -0.2) is 62.5 Å². The van der Waals surface area contributed by atoms with Crippen LogP contribution in [0.2, 0.25) is 0 Å². The van der Waals surface area contributed by atoms with Crippen molar-refractivity contribution in [3.05, 3.63) is 75.9 Å². The summed E-state index contributed by atoms with van der Waals surface area (Å²) in [5.74, 6) is -0.162. The van der Waals surface area contributed by atoms with Gasteiger partial charge in [0.1, 0.15) is 6.04 Å². The molecule has 3 fully saturated rings. The monoisotopic (exact) mass is 663 g/mol. The number of hydrogen-bond acceptors (Lipinski definition) is 7. The van der Waals surface area contributed by atoms with Gasteiger partial charge in [0, 0.05) is 18.2 Å². The number of H-pyrrole nitrogens is 1. The molecule has 2 heterocycles. The van der Waals surface area contributed by atoms with Crippen molar-refractivity contribution < 1.29 is 19.6 Å². The third-order valence-corrected chi connectivity index (χ3v) is 9.75. The molecule has 2 unspecified atom stereocenters. The Balaban J connectivity index is 0.000000164. The average Bonchev–Trinajstić information content (AvgIpc) is 3.90. The van der Waals surface area contributed by atoms with Gasteiger partial charge in [0.2, 0.25) is 17.7 Å². The number of anilines is 1. The number of aromatic nitrogens is 1. The second-order valence-electron chi connectivity index (χ2n) is 13.0. The highest BCUT2D eigenvalue weighted by Crippen LogP contribution is 2.46. The van der Waals surface area contributed by atoms with E-state index in [-0.39, 0.29) is 34.7 Å². The average molecular weight is 664 g/mol. The lowest BCUT2D eigenvalue weighted by Gasteiger charge is -2.22. The van der Waals surface area contributed by atoms with Crippen molar-refractivity contribution in [1.82, 2.24) is 14.9 Å². The fourth-order valence-electron chi connectivity index (χ4n) is 5.56. The molecule has 47 heavy (non-hydrogen) atoms. The maximum atomic E-state index is 12.0. The molecule has 0 radical (unpaired) electrons. The molecular formula is C36H49N5O5S. The van der Waals surface area contributed by atoms with Crippen molar-refractivity contribution in [1.29, 1.82) is 0 Å². The third-order valence-electron chi connectivity index (χ3n) is 8.90. The van der Waals surface area contributed by atoms with Crippen LogP contribution in [0.15, 0.2) is 65.5 Å². The molecule has 1 aliphatic heterocycles. The van der Waals surface area contributed by atoms with Crippen LogP contribution in [0.5, 0.6) is 0 Å². The zero-order valence-electron chi connectivity index (χ0n) is 27.7. The van der Waals surface area contributed by atoms with E-state index in [1.165, 1.54) is 36.2 Å². The summed E-state index contributed by atoms with van der Waals surface area (Å²) in [4.78, 5) is 50.4. The Bertz CT molecular complexity index is 1580. The van der Waals surface area contributed by atoms with Crippen LogP contribution in [0.4, 0.5) is 5.69 Å². The number of thiazole rings is 1. The second kappa shape index (κ2) is 16.7. The number of para-hydroxylation sites is 1. The number of benzene rings is 2. The van der Waals surface area contributed by atoms with E-state index < -0.39 is 11.9 Å². The van der Waals surface area contributed by atoms with Crippen molar-refractivity contribution >= 4 is 45.0 Å². The molecule has 254 valence electrons. The van der Waals surface area contributed by atoms with Crippen molar-refractivity contribution in [2.24, 2.45) is 17.6 Å². The van der Waals surface area contributed by atoms with E-state index in [1.807, 2.05) is 62.4 Å². The summed E-state index contributed by atoms with van der Waals surface area (Å²) in [6.07, 6.45) is 13.5. The molecule has 0 spiro atoms. The number of likely N-dealkylation sites (tertiary alicyclic amines) is 1. The van der Waals surface area contributed by atoms with Crippen molar-refractivity contribution in [3.63, 3.8) is 0 Å². The van der Waals surface area contributed by atoms with Crippen LogP contribution in [0.1, 0.15) is 77.2 Å². The molecule has 0 bridgehead atoms. The SMILES string of the molecule is CCCCC/C=C\C1C[C@@H]1C(=O)N(O)C1(C)CC1.Cc1ccc2[nH]c(=O)sc2c1.NC(=O)C1CCCN1C(=O)CNc1ccccc1. The number of aromatic amines is 1. The van der Waals surface area contributed by atoms with E-state index in [9.17, 15) is 24.4 Å². The Morgan fingerprint density at radius 2 is 1.91 bits per heavy atom. The first-order valence-electron chi connectivity index (χ1n) is 16.7. The van der Waals surface area contributed by atoms with Crippen LogP contribution in [0.3, 0.4) is 0 Å². The minimum absolute atomic E-state index is 0.0191. The molecule has 1 aromatic heterocycles. The van der Waals surface area contributed by atoms with E-state index in [0.717, 1.165) is 53.1 Å². The Morgan fingerprint density at radius 3 is 2.60 bits per heavy atom. The highest BCUT2D eigenvalue weighted by Gasteiger charge is 2.51. The quantitative estimate of drug-likeness (QED) is 0.0856. The van der Waals surface area contributed by atoms with Crippen molar-refractivity contribution in [2.45, 2.75) is 90.1 Å². The number of unbranched alkanes of at least 4 members (excludes halogenated alkanes) is 3. The molecule has 2 aliphatic carbocycles. The minimum Gasteiger partial charge on any atom is -0.376 e. The summed E-state index contributed by atoms with van der Waals surface area (Å²) >= 11 is 1.26. The highest BCUT2D eigenvalue weighted by atomic mass is 32.1. The molecule has 3 amide bonds. The number of allylic oxidation sites excluding steroid dienone is 2. The van der Waals surface area contributed by atoms with Gasteiger partial charge in [-0.2, -0.15) is 0 Å². The van der Waals surface area contributed by atoms with E-state index in [2.05, 4.69) is 29.4 Å². The maximum Gasteiger partial charge on any atom is 0.305 e. The van der Waals surface area contributed by atoms with E-state index in [4.69, 9.17) is 5.73 Å². The first-order valence-corrected chi connectivity index (χ1v) is 17.5. The number of primary amides is 1. The zero-order chi connectivity index (χ0) is 34.0. The standard InChI is InChI=1S/C15H25NO2.C13H17N3O2.C8H7NOS/c1-3-4-5-6-7-8-12-11-13(12)14(17)16(18)15(2)9-10-15;14-13(18)11-7-4-8-16(11)12(17)9-15-10-5-2-1-3-6-10;1-5-2-3-6-7(4-5)11-8(10)9-6/h7-8,12-13,18H,3-6,9-11H2,1-2H3;1-3,5-6,11,15H,4,7-9H2,(H2,14,18);2-4H,1H3,(H,9,10)/b8-7-;;/t12?,13-;;/m0../s1. The summed E-state index contributed by atoms with van der Waals surface area (Å²) in [6.45, 7) is 6.97. The number of nitrogens with zero attached hydrogens (tertiary/aromatic N) is 2. The molecule has 11 heteroatoms. The fraction of sp³-hybridized carbons (Fsp3) is 0.500. The Hall–Kier alpha value is -3.96. The fourth-order valence-corrected chi connectivity index (χ4v) is 6.39. The first kappa shape index (κ1) is 35.9. The Labute approximate surface area is 281 Å². The van der Waals surface area contributed by atoms with Gasteiger partial charge in [0.25, 0.3) is 0 Å². The van der Waals surface area contributed by atoms with Crippen molar-refractivity contribution in [3.8, 4) is 0 Å². The molecular weight excluding hydrogens is 614 g/mol. The normalized spacial score (nSPS) is 20.5. The molecule has 1 saturated heterocycles. The summed E-state index contributed by atoms with van der Waals surface area (Å²) in [7, 11) is 0. The predicted octanol–water partition coefficient (Wildman–Crippen LogP) is 6.00. The zero-order valence-corrected chi connectivity index (χ0v) is 28.6. The summed E-state index contributed by atoms with van der Waals surface area (Å²) < 4.78 is 1.04. The van der Waals surface area contributed by atoms with Crippen LogP contribution in [0.25, 0.3) is 10.2 Å². The third kappa shape index (κ3) is 10.5. The van der Waals surface area contributed by atoms with Crippen LogP contribution in [0, 0.1) is 18.8 Å². The predicted molar refractivity (Wildman–Crippen MR) is 187 cm³/mol. The molecule has 3 aliphatic rings. The van der Waals surface area contributed by atoms with Crippen LogP contribution < -0.4 is 15.9 Å². The number of rotatable bonds is 11. The molecule has 2 aromatic carbocycles. The van der Waals surface area contributed by atoms with Gasteiger partial charge in [-0.05, 0) is 94.5 Å². The van der Waals surface area contributed by atoms with Gasteiger partial charge >= 0.3 is 4.87 Å². The number of fused-ring (bicyclic) bond motifs is 1. The number of hydroxylamine groups is 2.